The molecule has 0 spiro atoms. The number of aromatic nitrogens is 1. The van der Waals surface area contributed by atoms with E-state index in [1.807, 2.05) is 50.5 Å². The SMILES string of the molecule is CNCc1ccc(CN2C(=O)C(C)(Cc3c[nH]c4ccccc34)N=C2N)cc1. The van der Waals surface area contributed by atoms with Gasteiger partial charge >= 0.3 is 0 Å². The molecular formula is C22H25N5O. The number of hydrogen-bond acceptors (Lipinski definition) is 4. The summed E-state index contributed by atoms with van der Waals surface area (Å²) in [4.78, 5) is 22.6. The van der Waals surface area contributed by atoms with Crippen molar-refractivity contribution >= 4 is 22.8 Å². The first-order chi connectivity index (χ1) is 13.5. The average molecular weight is 375 g/mol. The van der Waals surface area contributed by atoms with E-state index in [1.165, 1.54) is 5.56 Å². The Bertz CT molecular complexity index is 1040. The van der Waals surface area contributed by atoms with Gasteiger partial charge in [-0.1, -0.05) is 42.5 Å². The maximum absolute atomic E-state index is 13.2. The molecule has 3 aromatic rings. The van der Waals surface area contributed by atoms with Gasteiger partial charge in [-0.25, -0.2) is 4.99 Å². The predicted molar refractivity (Wildman–Crippen MR) is 112 cm³/mol. The molecule has 0 aliphatic carbocycles. The first-order valence-corrected chi connectivity index (χ1v) is 9.45. The number of nitrogens with one attached hydrogen (secondary N) is 2. The molecule has 0 bridgehead atoms. The molecule has 1 atom stereocenters. The molecule has 28 heavy (non-hydrogen) atoms. The molecule has 1 unspecified atom stereocenters. The van der Waals surface area contributed by atoms with Gasteiger partial charge < -0.3 is 16.0 Å². The standard InChI is InChI=1S/C22H25N5O/c1-22(11-17-13-25-19-6-4-3-5-18(17)19)20(28)27(21(23)26-22)14-16-9-7-15(8-10-16)12-24-2/h3-10,13,24-25H,11-12,14H2,1-2H3,(H2,23,26). The fourth-order valence-corrected chi connectivity index (χ4v) is 3.82. The average Bonchev–Trinajstić information content (AvgIpc) is 3.18. The molecule has 0 fully saturated rings. The second-order valence-corrected chi connectivity index (χ2v) is 7.52. The minimum absolute atomic E-state index is 0.0606. The Hall–Kier alpha value is -3.12. The highest BCUT2D eigenvalue weighted by Gasteiger charge is 2.44. The number of hydrogen-bond donors (Lipinski definition) is 3. The van der Waals surface area contributed by atoms with Crippen LogP contribution >= 0.6 is 0 Å². The van der Waals surface area contributed by atoms with Crippen molar-refractivity contribution in [2.75, 3.05) is 7.05 Å². The Morgan fingerprint density at radius 1 is 1.14 bits per heavy atom. The number of benzene rings is 2. The molecule has 2 heterocycles. The van der Waals surface area contributed by atoms with E-state index in [2.05, 4.69) is 33.5 Å². The van der Waals surface area contributed by atoms with E-state index in [0.717, 1.165) is 28.6 Å². The van der Waals surface area contributed by atoms with Crippen LogP contribution in [-0.4, -0.2) is 34.3 Å². The summed E-state index contributed by atoms with van der Waals surface area (Å²) in [6, 6.07) is 16.3. The van der Waals surface area contributed by atoms with Crippen LogP contribution in [0.4, 0.5) is 0 Å². The smallest absolute Gasteiger partial charge is 0.257 e. The second kappa shape index (κ2) is 7.13. The van der Waals surface area contributed by atoms with Crippen molar-refractivity contribution in [1.82, 2.24) is 15.2 Å². The number of carbonyl (C=O) groups is 1. The van der Waals surface area contributed by atoms with E-state index in [0.29, 0.717) is 13.0 Å². The summed E-state index contributed by atoms with van der Waals surface area (Å²) in [7, 11) is 1.92. The lowest BCUT2D eigenvalue weighted by Crippen LogP contribution is -2.43. The van der Waals surface area contributed by atoms with Crippen LogP contribution in [0.15, 0.2) is 59.7 Å². The number of nitrogens with zero attached hydrogens (tertiary/aromatic N) is 2. The normalized spacial score (nSPS) is 19.4. The van der Waals surface area contributed by atoms with Gasteiger partial charge in [0.2, 0.25) is 0 Å². The number of rotatable bonds is 6. The largest absolute Gasteiger partial charge is 0.369 e. The highest BCUT2D eigenvalue weighted by Crippen LogP contribution is 2.30. The molecule has 6 nitrogen and oxygen atoms in total. The minimum atomic E-state index is -0.888. The molecule has 1 amide bonds. The van der Waals surface area contributed by atoms with E-state index in [9.17, 15) is 4.79 Å². The Balaban J connectivity index is 1.53. The first kappa shape index (κ1) is 18.3. The van der Waals surface area contributed by atoms with Gasteiger partial charge in [-0.15, -0.1) is 0 Å². The summed E-state index contributed by atoms with van der Waals surface area (Å²) >= 11 is 0. The summed E-state index contributed by atoms with van der Waals surface area (Å²) in [5.74, 6) is 0.223. The van der Waals surface area contributed by atoms with Gasteiger partial charge in [0.15, 0.2) is 5.96 Å². The van der Waals surface area contributed by atoms with Crippen molar-refractivity contribution < 1.29 is 4.79 Å². The number of carbonyl (C=O) groups excluding carboxylic acids is 1. The van der Waals surface area contributed by atoms with Crippen LogP contribution in [0.2, 0.25) is 0 Å². The summed E-state index contributed by atoms with van der Waals surface area (Å²) in [5, 5.41) is 4.24. The zero-order chi connectivity index (χ0) is 19.7. The summed E-state index contributed by atoms with van der Waals surface area (Å²) in [5.41, 5.74) is 9.62. The maximum Gasteiger partial charge on any atom is 0.257 e. The third-order valence-corrected chi connectivity index (χ3v) is 5.30. The molecule has 0 saturated heterocycles. The van der Waals surface area contributed by atoms with Gasteiger partial charge in [0.05, 0.1) is 6.54 Å². The van der Waals surface area contributed by atoms with Crippen LogP contribution in [0.5, 0.6) is 0 Å². The Labute approximate surface area is 164 Å². The lowest BCUT2D eigenvalue weighted by Gasteiger charge is -2.22. The lowest BCUT2D eigenvalue weighted by atomic mass is 9.92. The number of aliphatic imine (C=N–C) groups is 1. The van der Waals surface area contributed by atoms with Crippen molar-refractivity contribution in [1.29, 1.82) is 0 Å². The lowest BCUT2D eigenvalue weighted by molar-refractivity contribution is -0.131. The van der Waals surface area contributed by atoms with Crippen LogP contribution in [0, 0.1) is 0 Å². The maximum atomic E-state index is 13.2. The fourth-order valence-electron chi connectivity index (χ4n) is 3.82. The van der Waals surface area contributed by atoms with Crippen LogP contribution in [0.25, 0.3) is 10.9 Å². The van der Waals surface area contributed by atoms with Crippen molar-refractivity contribution in [3.63, 3.8) is 0 Å². The summed E-state index contributed by atoms with van der Waals surface area (Å²) in [6.07, 6.45) is 2.46. The monoisotopic (exact) mass is 375 g/mol. The molecule has 4 rings (SSSR count). The molecule has 2 aromatic carbocycles. The van der Waals surface area contributed by atoms with Crippen LogP contribution < -0.4 is 11.1 Å². The van der Waals surface area contributed by atoms with E-state index in [1.54, 1.807) is 4.90 Å². The molecule has 1 aliphatic rings. The highest BCUT2D eigenvalue weighted by atomic mass is 16.2. The zero-order valence-electron chi connectivity index (χ0n) is 16.2. The second-order valence-electron chi connectivity index (χ2n) is 7.52. The Kier molecular flexibility index (Phi) is 4.65. The van der Waals surface area contributed by atoms with Crippen molar-refractivity contribution in [2.24, 2.45) is 10.7 Å². The summed E-state index contributed by atoms with van der Waals surface area (Å²) in [6.45, 7) is 3.10. The van der Waals surface area contributed by atoms with Gasteiger partial charge in [-0.3, -0.25) is 9.69 Å². The van der Waals surface area contributed by atoms with Crippen molar-refractivity contribution in [3.8, 4) is 0 Å². The number of para-hydroxylation sites is 1. The van der Waals surface area contributed by atoms with E-state index < -0.39 is 5.54 Å². The Morgan fingerprint density at radius 2 is 1.86 bits per heavy atom. The summed E-state index contributed by atoms with van der Waals surface area (Å²) < 4.78 is 0. The van der Waals surface area contributed by atoms with Gasteiger partial charge in [0.25, 0.3) is 5.91 Å². The van der Waals surface area contributed by atoms with Crippen molar-refractivity contribution in [2.45, 2.75) is 32.0 Å². The number of amides is 1. The topological polar surface area (TPSA) is 86.5 Å². The van der Waals surface area contributed by atoms with E-state index >= 15 is 0 Å². The van der Waals surface area contributed by atoms with Crippen LogP contribution in [0.3, 0.4) is 0 Å². The Morgan fingerprint density at radius 3 is 2.61 bits per heavy atom. The van der Waals surface area contributed by atoms with Gasteiger partial charge in [-0.2, -0.15) is 0 Å². The zero-order valence-corrected chi connectivity index (χ0v) is 16.2. The van der Waals surface area contributed by atoms with E-state index in [4.69, 9.17) is 5.73 Å². The van der Waals surface area contributed by atoms with Crippen LogP contribution in [0.1, 0.15) is 23.6 Å². The minimum Gasteiger partial charge on any atom is -0.369 e. The molecule has 144 valence electrons. The van der Waals surface area contributed by atoms with Crippen LogP contribution in [-0.2, 0) is 24.3 Å². The molecule has 0 radical (unpaired) electrons. The number of guanidine groups is 1. The molecule has 1 aliphatic heterocycles. The van der Waals surface area contributed by atoms with Gasteiger partial charge in [-0.05, 0) is 36.7 Å². The number of fused-ring (bicyclic) bond motifs is 1. The van der Waals surface area contributed by atoms with E-state index in [-0.39, 0.29) is 11.9 Å². The number of H-pyrrole nitrogens is 1. The highest BCUT2D eigenvalue weighted by molar-refractivity contribution is 6.06. The molecule has 0 saturated carbocycles. The molecule has 1 aromatic heterocycles. The third kappa shape index (κ3) is 3.27. The quantitative estimate of drug-likeness (QED) is 0.619. The number of nitrogens with two attached hydrogens (primary N) is 1. The van der Waals surface area contributed by atoms with Crippen molar-refractivity contribution in [3.05, 3.63) is 71.4 Å². The van der Waals surface area contributed by atoms with Gasteiger partial charge in [0.1, 0.15) is 5.54 Å². The predicted octanol–water partition coefficient (Wildman–Crippen LogP) is 2.55. The van der Waals surface area contributed by atoms with Gasteiger partial charge in [0, 0.05) is 30.1 Å². The molecule has 6 heteroatoms. The first-order valence-electron chi connectivity index (χ1n) is 9.45. The third-order valence-electron chi connectivity index (χ3n) is 5.30. The fraction of sp³-hybridized carbons (Fsp3) is 0.273. The molecular weight excluding hydrogens is 350 g/mol. The number of aromatic amines is 1. The molecule has 4 N–H and O–H groups in total.